The first kappa shape index (κ1) is 12.7. The number of H-pyrrole nitrogens is 1. The zero-order chi connectivity index (χ0) is 12.0. The number of rotatable bonds is 2. The molecule has 0 bridgehead atoms. The van der Waals surface area contributed by atoms with Crippen molar-refractivity contribution in [2.75, 3.05) is 5.75 Å². The molecule has 0 saturated carbocycles. The molecule has 4 nitrogen and oxygen atoms in total. The highest BCUT2D eigenvalue weighted by Gasteiger charge is 1.98. The van der Waals surface area contributed by atoms with Gasteiger partial charge in [0, 0.05) is 11.7 Å². The summed E-state index contributed by atoms with van der Waals surface area (Å²) in [6.07, 6.45) is 2.42. The molecule has 1 aromatic heterocycles. The summed E-state index contributed by atoms with van der Waals surface area (Å²) in [5, 5.41) is 1.28. The van der Waals surface area contributed by atoms with Crippen LogP contribution in [0.15, 0.2) is 36.5 Å². The van der Waals surface area contributed by atoms with Crippen LogP contribution < -0.4 is 0 Å². The molecule has 1 aromatic carbocycles. The molecule has 0 spiro atoms. The summed E-state index contributed by atoms with van der Waals surface area (Å²) in [7, 11) is -3.67. The molecule has 2 rings (SSSR count). The van der Waals surface area contributed by atoms with Crippen LogP contribution in [0.5, 0.6) is 0 Å². The Hall–Kier alpha value is -1.33. The summed E-state index contributed by atoms with van der Waals surface area (Å²) in [6.45, 7) is 1.69. The first-order valence-electron chi connectivity index (χ1n) is 5.00. The van der Waals surface area contributed by atoms with Crippen molar-refractivity contribution in [3.05, 3.63) is 36.5 Å². The molecule has 0 unspecified atom stereocenters. The molecular formula is C11H15NO3S. The SMILES string of the molecule is CCCS(=O)(=O)O.c1ccc2[nH]ccc2c1. The van der Waals surface area contributed by atoms with Gasteiger partial charge in [0.05, 0.1) is 5.75 Å². The summed E-state index contributed by atoms with van der Waals surface area (Å²) in [5.74, 6) is -0.132. The van der Waals surface area contributed by atoms with Gasteiger partial charge in [0.2, 0.25) is 0 Å². The number of hydrogen-bond acceptors (Lipinski definition) is 2. The van der Waals surface area contributed by atoms with E-state index in [1.54, 1.807) is 6.92 Å². The predicted octanol–water partition coefficient (Wildman–Crippen LogP) is 2.45. The molecule has 0 radical (unpaired) electrons. The number of para-hydroxylation sites is 1. The normalized spacial score (nSPS) is 10.9. The Morgan fingerprint density at radius 1 is 1.25 bits per heavy atom. The van der Waals surface area contributed by atoms with Gasteiger partial charge in [-0.1, -0.05) is 25.1 Å². The Labute approximate surface area is 95.1 Å². The first-order valence-corrected chi connectivity index (χ1v) is 6.61. The number of fused-ring (bicyclic) bond motifs is 1. The number of hydrogen-bond donors (Lipinski definition) is 2. The van der Waals surface area contributed by atoms with E-state index in [1.807, 2.05) is 18.3 Å². The Balaban J connectivity index is 0.000000168. The lowest BCUT2D eigenvalue weighted by atomic mass is 10.3. The van der Waals surface area contributed by atoms with Crippen molar-refractivity contribution in [3.8, 4) is 0 Å². The fraction of sp³-hybridized carbons (Fsp3) is 0.273. The molecule has 0 aliphatic carbocycles. The number of aromatic nitrogens is 1. The van der Waals surface area contributed by atoms with Crippen LogP contribution in [-0.2, 0) is 10.1 Å². The van der Waals surface area contributed by atoms with Crippen LogP contribution in [0, 0.1) is 0 Å². The lowest BCUT2D eigenvalue weighted by Crippen LogP contribution is -2.01. The molecule has 2 aromatic rings. The van der Waals surface area contributed by atoms with Crippen molar-refractivity contribution >= 4 is 21.0 Å². The zero-order valence-electron chi connectivity index (χ0n) is 9.05. The molecule has 0 amide bonds. The third-order valence-corrected chi connectivity index (χ3v) is 2.85. The third-order valence-electron chi connectivity index (χ3n) is 1.92. The maximum atomic E-state index is 9.79. The lowest BCUT2D eigenvalue weighted by Gasteiger charge is -1.85. The molecule has 0 saturated heterocycles. The van der Waals surface area contributed by atoms with E-state index in [9.17, 15) is 8.42 Å². The van der Waals surface area contributed by atoms with E-state index in [0.717, 1.165) is 0 Å². The summed E-state index contributed by atoms with van der Waals surface area (Å²) in [5.41, 5.74) is 1.21. The molecule has 2 N–H and O–H groups in total. The van der Waals surface area contributed by atoms with Gasteiger partial charge in [-0.15, -0.1) is 0 Å². The van der Waals surface area contributed by atoms with Crippen molar-refractivity contribution < 1.29 is 13.0 Å². The van der Waals surface area contributed by atoms with Crippen LogP contribution in [0.2, 0.25) is 0 Å². The Morgan fingerprint density at radius 2 is 1.94 bits per heavy atom. The van der Waals surface area contributed by atoms with Crippen LogP contribution in [0.1, 0.15) is 13.3 Å². The van der Waals surface area contributed by atoms with E-state index in [2.05, 4.69) is 23.2 Å². The van der Waals surface area contributed by atoms with Crippen molar-refractivity contribution in [1.82, 2.24) is 4.98 Å². The smallest absolute Gasteiger partial charge is 0.264 e. The van der Waals surface area contributed by atoms with Gasteiger partial charge in [0.15, 0.2) is 0 Å². The van der Waals surface area contributed by atoms with Crippen LogP contribution in [-0.4, -0.2) is 23.7 Å². The van der Waals surface area contributed by atoms with Gasteiger partial charge >= 0.3 is 0 Å². The second-order valence-corrected chi connectivity index (χ2v) is 4.92. The van der Waals surface area contributed by atoms with Crippen LogP contribution >= 0.6 is 0 Å². The van der Waals surface area contributed by atoms with Crippen molar-refractivity contribution in [1.29, 1.82) is 0 Å². The minimum absolute atomic E-state index is 0.132. The van der Waals surface area contributed by atoms with Crippen molar-refractivity contribution in [3.63, 3.8) is 0 Å². The first-order chi connectivity index (χ1) is 7.53. The summed E-state index contributed by atoms with van der Waals surface area (Å²) in [6, 6.07) is 10.3. The Morgan fingerprint density at radius 3 is 2.44 bits per heavy atom. The van der Waals surface area contributed by atoms with Crippen LogP contribution in [0.4, 0.5) is 0 Å². The second kappa shape index (κ2) is 5.67. The largest absolute Gasteiger partial charge is 0.361 e. The average Bonchev–Trinajstić information content (AvgIpc) is 2.64. The van der Waals surface area contributed by atoms with E-state index in [0.29, 0.717) is 6.42 Å². The van der Waals surface area contributed by atoms with Gasteiger partial charge in [-0.2, -0.15) is 8.42 Å². The van der Waals surface area contributed by atoms with Crippen molar-refractivity contribution in [2.24, 2.45) is 0 Å². The van der Waals surface area contributed by atoms with Gasteiger partial charge in [-0.05, 0) is 23.9 Å². The maximum Gasteiger partial charge on any atom is 0.264 e. The number of aromatic amines is 1. The molecule has 88 valence electrons. The maximum absolute atomic E-state index is 9.79. The molecule has 16 heavy (non-hydrogen) atoms. The van der Waals surface area contributed by atoms with Crippen molar-refractivity contribution in [2.45, 2.75) is 13.3 Å². The Bertz CT molecular complexity index is 501. The van der Waals surface area contributed by atoms with Gasteiger partial charge in [0.25, 0.3) is 10.1 Å². The highest BCUT2D eigenvalue weighted by Crippen LogP contribution is 2.09. The monoisotopic (exact) mass is 241 g/mol. The van der Waals surface area contributed by atoms with Gasteiger partial charge < -0.3 is 4.98 Å². The van der Waals surface area contributed by atoms with Gasteiger partial charge in [-0.25, -0.2) is 0 Å². The van der Waals surface area contributed by atoms with E-state index in [-0.39, 0.29) is 5.75 Å². The highest BCUT2D eigenvalue weighted by atomic mass is 32.2. The molecule has 0 aliphatic heterocycles. The van der Waals surface area contributed by atoms with Crippen LogP contribution in [0.3, 0.4) is 0 Å². The van der Waals surface area contributed by atoms with E-state index < -0.39 is 10.1 Å². The van der Waals surface area contributed by atoms with E-state index in [1.165, 1.54) is 10.9 Å². The van der Waals surface area contributed by atoms with E-state index in [4.69, 9.17) is 4.55 Å². The average molecular weight is 241 g/mol. The quantitative estimate of drug-likeness (QED) is 0.793. The molecule has 0 fully saturated rings. The summed E-state index contributed by atoms with van der Waals surface area (Å²) >= 11 is 0. The third kappa shape index (κ3) is 4.46. The van der Waals surface area contributed by atoms with Gasteiger partial charge in [-0.3, -0.25) is 4.55 Å². The predicted molar refractivity (Wildman–Crippen MR) is 65.0 cm³/mol. The number of benzene rings is 1. The molecule has 5 heteroatoms. The van der Waals surface area contributed by atoms with Crippen LogP contribution in [0.25, 0.3) is 10.9 Å². The minimum atomic E-state index is -3.67. The zero-order valence-corrected chi connectivity index (χ0v) is 9.87. The molecule has 1 heterocycles. The fourth-order valence-electron chi connectivity index (χ4n) is 1.25. The molecule has 0 aliphatic rings. The fourth-order valence-corrected chi connectivity index (χ4v) is 1.77. The topological polar surface area (TPSA) is 70.2 Å². The summed E-state index contributed by atoms with van der Waals surface area (Å²) in [4.78, 5) is 3.12. The Kier molecular flexibility index (Phi) is 4.52. The summed E-state index contributed by atoms with van der Waals surface area (Å²) < 4.78 is 27.6. The van der Waals surface area contributed by atoms with E-state index >= 15 is 0 Å². The molecule has 0 atom stereocenters. The highest BCUT2D eigenvalue weighted by molar-refractivity contribution is 7.85. The lowest BCUT2D eigenvalue weighted by molar-refractivity contribution is 0.482. The number of nitrogens with one attached hydrogen (secondary N) is 1. The standard InChI is InChI=1S/C8H7N.C3H8O3S/c1-2-4-8-7(3-1)5-6-9-8;1-2-3-7(4,5)6/h1-6,9H;2-3H2,1H3,(H,4,5,6). The second-order valence-electron chi connectivity index (χ2n) is 3.35. The minimum Gasteiger partial charge on any atom is -0.361 e. The molecular weight excluding hydrogens is 226 g/mol. The van der Waals surface area contributed by atoms with Gasteiger partial charge in [0.1, 0.15) is 0 Å².